The number of hydrogen-bond acceptors (Lipinski definition) is 5. The second-order valence-electron chi connectivity index (χ2n) is 6.39. The molecule has 0 spiro atoms. The first-order valence-corrected chi connectivity index (χ1v) is 9.10. The maximum atomic E-state index is 12.6. The maximum Gasteiger partial charge on any atom is 0.237 e. The van der Waals surface area contributed by atoms with Gasteiger partial charge in [-0.15, -0.1) is 11.3 Å². The molecule has 3 aromatic rings. The van der Waals surface area contributed by atoms with Crippen LogP contribution < -0.4 is 0 Å². The van der Waals surface area contributed by atoms with Crippen LogP contribution in [0, 0.1) is 6.92 Å². The Balaban J connectivity index is 1.62. The van der Waals surface area contributed by atoms with Crippen molar-refractivity contribution in [3.05, 3.63) is 52.9 Å². The molecule has 0 aliphatic heterocycles. The zero-order valence-corrected chi connectivity index (χ0v) is 15.8. The highest BCUT2D eigenvalue weighted by atomic mass is 32.1. The SMILES string of the molecule is Cc1ccc(CN(C)CC(=O)N(C)[C@H](C)c2nc3ccccc3s2)o1. The van der Waals surface area contributed by atoms with Crippen molar-refractivity contribution >= 4 is 27.5 Å². The van der Waals surface area contributed by atoms with Crippen molar-refractivity contribution in [2.45, 2.75) is 26.4 Å². The molecule has 0 unspecified atom stereocenters. The molecule has 0 aliphatic rings. The molecule has 5 nitrogen and oxygen atoms in total. The molecule has 0 saturated heterocycles. The Labute approximate surface area is 151 Å². The van der Waals surface area contributed by atoms with Crippen molar-refractivity contribution in [2.75, 3.05) is 20.6 Å². The van der Waals surface area contributed by atoms with Gasteiger partial charge in [0.25, 0.3) is 0 Å². The van der Waals surface area contributed by atoms with Gasteiger partial charge in [-0.2, -0.15) is 0 Å². The zero-order chi connectivity index (χ0) is 18.0. The van der Waals surface area contributed by atoms with Gasteiger partial charge in [0, 0.05) is 7.05 Å². The molecule has 0 saturated carbocycles. The van der Waals surface area contributed by atoms with Gasteiger partial charge in [-0.05, 0) is 45.2 Å². The van der Waals surface area contributed by atoms with Crippen LogP contribution in [0.3, 0.4) is 0 Å². The molecule has 3 rings (SSSR count). The molecule has 1 amide bonds. The first-order chi connectivity index (χ1) is 11.9. The van der Waals surface area contributed by atoms with Crippen molar-refractivity contribution in [2.24, 2.45) is 0 Å². The monoisotopic (exact) mass is 357 g/mol. The Morgan fingerprint density at radius 1 is 1.24 bits per heavy atom. The van der Waals surface area contributed by atoms with Crippen LogP contribution in [0.25, 0.3) is 10.2 Å². The summed E-state index contributed by atoms with van der Waals surface area (Å²) in [7, 11) is 3.76. The number of carbonyl (C=O) groups excluding carboxylic acids is 1. The number of aromatic nitrogens is 1. The fraction of sp³-hybridized carbons (Fsp3) is 0.368. The smallest absolute Gasteiger partial charge is 0.237 e. The Hall–Kier alpha value is -2.18. The molecular formula is C19H23N3O2S. The average Bonchev–Trinajstić information content (AvgIpc) is 3.19. The van der Waals surface area contributed by atoms with Gasteiger partial charge in [0.05, 0.1) is 29.3 Å². The van der Waals surface area contributed by atoms with Crippen LogP contribution in [0.2, 0.25) is 0 Å². The molecule has 0 N–H and O–H groups in total. The molecule has 0 aliphatic carbocycles. The van der Waals surface area contributed by atoms with E-state index in [2.05, 4.69) is 11.1 Å². The van der Waals surface area contributed by atoms with Crippen LogP contribution in [-0.2, 0) is 11.3 Å². The van der Waals surface area contributed by atoms with Crippen molar-refractivity contribution in [1.82, 2.24) is 14.8 Å². The molecule has 25 heavy (non-hydrogen) atoms. The zero-order valence-electron chi connectivity index (χ0n) is 15.0. The number of aryl methyl sites for hydroxylation is 1. The third kappa shape index (κ3) is 4.08. The summed E-state index contributed by atoms with van der Waals surface area (Å²) in [6, 6.07) is 11.9. The number of para-hydroxylation sites is 1. The van der Waals surface area contributed by atoms with Gasteiger partial charge in [0.15, 0.2) is 0 Å². The Bertz CT molecular complexity index is 837. The van der Waals surface area contributed by atoms with E-state index in [0.717, 1.165) is 26.7 Å². The number of rotatable bonds is 6. The van der Waals surface area contributed by atoms with Crippen molar-refractivity contribution < 1.29 is 9.21 Å². The summed E-state index contributed by atoms with van der Waals surface area (Å²) in [6.45, 7) is 4.89. The molecule has 0 radical (unpaired) electrons. The van der Waals surface area contributed by atoms with E-state index in [9.17, 15) is 4.79 Å². The normalized spacial score (nSPS) is 12.7. The Morgan fingerprint density at radius 3 is 2.68 bits per heavy atom. The number of nitrogens with zero attached hydrogens (tertiary/aromatic N) is 3. The van der Waals surface area contributed by atoms with Gasteiger partial charge in [-0.3, -0.25) is 9.69 Å². The summed E-state index contributed by atoms with van der Waals surface area (Å²) >= 11 is 1.64. The largest absolute Gasteiger partial charge is 0.465 e. The maximum absolute atomic E-state index is 12.6. The molecule has 6 heteroatoms. The predicted octanol–water partition coefficient (Wildman–Crippen LogP) is 3.85. The van der Waals surface area contributed by atoms with E-state index in [0.29, 0.717) is 13.1 Å². The molecule has 1 aromatic carbocycles. The lowest BCUT2D eigenvalue weighted by Gasteiger charge is -2.25. The molecule has 0 bridgehead atoms. The lowest BCUT2D eigenvalue weighted by Crippen LogP contribution is -2.37. The topological polar surface area (TPSA) is 49.6 Å². The summed E-state index contributed by atoms with van der Waals surface area (Å²) < 4.78 is 6.72. The lowest BCUT2D eigenvalue weighted by molar-refractivity contribution is -0.132. The number of likely N-dealkylation sites (N-methyl/N-ethyl adjacent to an activating group) is 2. The van der Waals surface area contributed by atoms with Gasteiger partial charge in [-0.25, -0.2) is 4.98 Å². The fourth-order valence-corrected chi connectivity index (χ4v) is 3.75. The number of benzene rings is 1. The van der Waals surface area contributed by atoms with Crippen LogP contribution in [0.15, 0.2) is 40.8 Å². The van der Waals surface area contributed by atoms with E-state index in [4.69, 9.17) is 4.42 Å². The molecule has 132 valence electrons. The number of furan rings is 1. The molecule has 0 fully saturated rings. The Morgan fingerprint density at radius 2 is 2.00 bits per heavy atom. The standard InChI is InChI=1S/C19H23N3O2S/c1-13-9-10-15(24-13)11-21(3)12-18(23)22(4)14(2)19-20-16-7-5-6-8-17(16)25-19/h5-10,14H,11-12H2,1-4H3/t14-/m1/s1. The highest BCUT2D eigenvalue weighted by Gasteiger charge is 2.21. The number of carbonyl (C=O) groups is 1. The number of amides is 1. The minimum Gasteiger partial charge on any atom is -0.465 e. The quantitative estimate of drug-likeness (QED) is 0.672. The van der Waals surface area contributed by atoms with E-state index in [-0.39, 0.29) is 11.9 Å². The summed E-state index contributed by atoms with van der Waals surface area (Å²) in [6.07, 6.45) is 0. The number of thiazole rings is 1. The van der Waals surface area contributed by atoms with Crippen molar-refractivity contribution in [3.8, 4) is 0 Å². The van der Waals surface area contributed by atoms with E-state index in [1.807, 2.05) is 63.2 Å². The molecule has 2 aromatic heterocycles. The van der Waals surface area contributed by atoms with Gasteiger partial charge in [0.1, 0.15) is 16.5 Å². The summed E-state index contributed by atoms with van der Waals surface area (Å²) in [5, 5.41) is 0.960. The number of fused-ring (bicyclic) bond motifs is 1. The highest BCUT2D eigenvalue weighted by Crippen LogP contribution is 2.28. The van der Waals surface area contributed by atoms with Gasteiger partial charge in [-0.1, -0.05) is 12.1 Å². The second kappa shape index (κ2) is 7.37. The minimum absolute atomic E-state index is 0.0517. The molecular weight excluding hydrogens is 334 g/mol. The highest BCUT2D eigenvalue weighted by molar-refractivity contribution is 7.18. The molecule has 1 atom stereocenters. The fourth-order valence-electron chi connectivity index (χ4n) is 2.68. The summed E-state index contributed by atoms with van der Waals surface area (Å²) in [4.78, 5) is 21.0. The first-order valence-electron chi connectivity index (χ1n) is 8.29. The number of hydrogen-bond donors (Lipinski definition) is 0. The van der Waals surface area contributed by atoms with Crippen LogP contribution in [0.1, 0.15) is 29.5 Å². The summed E-state index contributed by atoms with van der Waals surface area (Å²) in [5.41, 5.74) is 0.987. The average molecular weight is 357 g/mol. The summed E-state index contributed by atoms with van der Waals surface area (Å²) in [5.74, 6) is 1.82. The second-order valence-corrected chi connectivity index (χ2v) is 7.45. The van der Waals surface area contributed by atoms with Crippen LogP contribution in [0.5, 0.6) is 0 Å². The lowest BCUT2D eigenvalue weighted by atomic mass is 10.3. The van der Waals surface area contributed by atoms with Crippen LogP contribution >= 0.6 is 11.3 Å². The van der Waals surface area contributed by atoms with Gasteiger partial charge >= 0.3 is 0 Å². The van der Waals surface area contributed by atoms with E-state index >= 15 is 0 Å². The third-order valence-electron chi connectivity index (χ3n) is 4.27. The first kappa shape index (κ1) is 17.6. The van der Waals surface area contributed by atoms with E-state index in [1.165, 1.54) is 0 Å². The minimum atomic E-state index is -0.0517. The van der Waals surface area contributed by atoms with E-state index in [1.54, 1.807) is 16.2 Å². The van der Waals surface area contributed by atoms with Crippen molar-refractivity contribution in [1.29, 1.82) is 0 Å². The predicted molar refractivity (Wildman–Crippen MR) is 101 cm³/mol. The molecule has 2 heterocycles. The van der Waals surface area contributed by atoms with Crippen LogP contribution in [0.4, 0.5) is 0 Å². The van der Waals surface area contributed by atoms with Gasteiger partial charge < -0.3 is 9.32 Å². The van der Waals surface area contributed by atoms with Crippen molar-refractivity contribution in [3.63, 3.8) is 0 Å². The van der Waals surface area contributed by atoms with E-state index < -0.39 is 0 Å². The van der Waals surface area contributed by atoms with Crippen LogP contribution in [-0.4, -0.2) is 41.3 Å². The Kier molecular flexibility index (Phi) is 5.20. The third-order valence-corrected chi connectivity index (χ3v) is 5.48. The van der Waals surface area contributed by atoms with Gasteiger partial charge in [0.2, 0.25) is 5.91 Å².